The summed E-state index contributed by atoms with van der Waals surface area (Å²) in [6.45, 7) is 7.48. The Kier molecular flexibility index (Phi) is 4.45. The van der Waals surface area contributed by atoms with E-state index in [0.29, 0.717) is 23.1 Å². The molecule has 0 spiro atoms. The van der Waals surface area contributed by atoms with Gasteiger partial charge >= 0.3 is 0 Å². The summed E-state index contributed by atoms with van der Waals surface area (Å²) in [5.74, 6) is 1.32. The normalized spacial score (nSPS) is 28.8. The van der Waals surface area contributed by atoms with Gasteiger partial charge in [-0.25, -0.2) is 0 Å². The second-order valence-corrected chi connectivity index (χ2v) is 5.93. The molecule has 1 aromatic rings. The van der Waals surface area contributed by atoms with Gasteiger partial charge < -0.3 is 9.73 Å². The molecule has 1 aliphatic rings. The minimum Gasteiger partial charge on any atom is -0.416 e. The molecule has 0 aliphatic heterocycles. The summed E-state index contributed by atoms with van der Waals surface area (Å²) >= 11 is 1.74. The first-order valence-electron chi connectivity index (χ1n) is 6.41. The van der Waals surface area contributed by atoms with Gasteiger partial charge in [0.05, 0.1) is 0 Å². The van der Waals surface area contributed by atoms with Crippen molar-refractivity contribution in [2.45, 2.75) is 56.5 Å². The van der Waals surface area contributed by atoms with E-state index >= 15 is 0 Å². The van der Waals surface area contributed by atoms with E-state index in [1.165, 1.54) is 19.3 Å². The van der Waals surface area contributed by atoms with Crippen molar-refractivity contribution in [2.75, 3.05) is 6.54 Å². The minimum atomic E-state index is 0.601. The van der Waals surface area contributed by atoms with E-state index in [-0.39, 0.29) is 0 Å². The van der Waals surface area contributed by atoms with Crippen LogP contribution in [0.5, 0.6) is 0 Å². The Labute approximate surface area is 107 Å². The fraction of sp³-hybridized carbons (Fsp3) is 0.833. The molecule has 0 saturated heterocycles. The maximum Gasteiger partial charge on any atom is 0.276 e. The van der Waals surface area contributed by atoms with Crippen LogP contribution in [0.3, 0.4) is 0 Å². The summed E-state index contributed by atoms with van der Waals surface area (Å²) in [4.78, 5) is 0. The predicted octanol–water partition coefficient (Wildman–Crippen LogP) is 2.64. The average Bonchev–Trinajstić information content (AvgIpc) is 2.86. The largest absolute Gasteiger partial charge is 0.416 e. The maximum atomic E-state index is 5.43. The number of nitrogens with zero attached hydrogens (tertiary/aromatic N) is 2. The molecule has 0 amide bonds. The maximum absolute atomic E-state index is 5.43. The summed E-state index contributed by atoms with van der Waals surface area (Å²) in [5, 5.41) is 12.9. The lowest BCUT2D eigenvalue weighted by atomic mass is 10.1. The second kappa shape index (κ2) is 5.87. The van der Waals surface area contributed by atoms with Gasteiger partial charge in [-0.05, 0) is 31.7 Å². The van der Waals surface area contributed by atoms with Crippen LogP contribution in [0, 0.1) is 12.8 Å². The van der Waals surface area contributed by atoms with Gasteiger partial charge in [0, 0.05) is 18.2 Å². The van der Waals surface area contributed by atoms with Crippen LogP contribution in [0.1, 0.15) is 39.0 Å². The van der Waals surface area contributed by atoms with Crippen LogP contribution < -0.4 is 5.32 Å². The van der Waals surface area contributed by atoms with Crippen molar-refractivity contribution in [3.63, 3.8) is 0 Å². The standard InChI is InChI=1S/C12H21N3OS/c1-4-7-13-10-5-6-11(8(10)2)17-12-15-14-9(3)16-12/h8,10-11,13H,4-7H2,1-3H3. The van der Waals surface area contributed by atoms with Gasteiger partial charge in [-0.3, -0.25) is 0 Å². The van der Waals surface area contributed by atoms with E-state index in [0.717, 1.165) is 11.8 Å². The highest BCUT2D eigenvalue weighted by Gasteiger charge is 2.33. The summed E-state index contributed by atoms with van der Waals surface area (Å²) in [6.07, 6.45) is 3.68. The second-order valence-electron chi connectivity index (χ2n) is 4.74. The lowest BCUT2D eigenvalue weighted by molar-refractivity contribution is 0.418. The monoisotopic (exact) mass is 255 g/mol. The highest BCUT2D eigenvalue weighted by Crippen LogP contribution is 2.38. The third kappa shape index (κ3) is 3.22. The molecule has 1 saturated carbocycles. The van der Waals surface area contributed by atoms with Crippen molar-refractivity contribution in [3.8, 4) is 0 Å². The van der Waals surface area contributed by atoms with Crippen LogP contribution >= 0.6 is 11.8 Å². The molecule has 1 N–H and O–H groups in total. The lowest BCUT2D eigenvalue weighted by Gasteiger charge is -2.20. The highest BCUT2D eigenvalue weighted by molar-refractivity contribution is 7.99. The number of aromatic nitrogens is 2. The number of thioether (sulfide) groups is 1. The summed E-state index contributed by atoms with van der Waals surface area (Å²) < 4.78 is 5.43. The van der Waals surface area contributed by atoms with E-state index in [1.807, 2.05) is 6.92 Å². The van der Waals surface area contributed by atoms with Gasteiger partial charge in [0.15, 0.2) is 0 Å². The molecule has 0 aromatic carbocycles. The summed E-state index contributed by atoms with van der Waals surface area (Å²) in [5.41, 5.74) is 0. The molecule has 3 unspecified atom stereocenters. The Bertz CT molecular complexity index is 355. The average molecular weight is 255 g/mol. The van der Waals surface area contributed by atoms with Gasteiger partial charge in [-0.2, -0.15) is 0 Å². The fourth-order valence-corrected chi connectivity index (χ4v) is 3.54. The van der Waals surface area contributed by atoms with Crippen molar-refractivity contribution in [1.29, 1.82) is 0 Å². The quantitative estimate of drug-likeness (QED) is 0.876. The molecule has 0 bridgehead atoms. The van der Waals surface area contributed by atoms with Gasteiger partial charge in [-0.15, -0.1) is 10.2 Å². The zero-order valence-electron chi connectivity index (χ0n) is 10.8. The molecular weight excluding hydrogens is 234 g/mol. The van der Waals surface area contributed by atoms with Crippen LogP contribution in [-0.4, -0.2) is 28.0 Å². The summed E-state index contributed by atoms with van der Waals surface area (Å²) in [7, 11) is 0. The van der Waals surface area contributed by atoms with Crippen LogP contribution in [0.2, 0.25) is 0 Å². The van der Waals surface area contributed by atoms with E-state index in [2.05, 4.69) is 29.4 Å². The molecule has 17 heavy (non-hydrogen) atoms. The van der Waals surface area contributed by atoms with Crippen molar-refractivity contribution < 1.29 is 4.42 Å². The molecule has 2 rings (SSSR count). The third-order valence-electron chi connectivity index (χ3n) is 3.40. The van der Waals surface area contributed by atoms with Crippen LogP contribution in [0.25, 0.3) is 0 Å². The smallest absolute Gasteiger partial charge is 0.276 e. The number of nitrogens with one attached hydrogen (secondary N) is 1. The van der Waals surface area contributed by atoms with Crippen molar-refractivity contribution in [2.24, 2.45) is 5.92 Å². The highest BCUT2D eigenvalue weighted by atomic mass is 32.2. The van der Waals surface area contributed by atoms with Crippen LogP contribution in [-0.2, 0) is 0 Å². The Balaban J connectivity index is 1.86. The zero-order valence-corrected chi connectivity index (χ0v) is 11.6. The van der Waals surface area contributed by atoms with E-state index in [1.54, 1.807) is 11.8 Å². The third-order valence-corrected chi connectivity index (χ3v) is 4.73. The molecule has 5 heteroatoms. The van der Waals surface area contributed by atoms with Crippen molar-refractivity contribution >= 4 is 11.8 Å². The zero-order chi connectivity index (χ0) is 12.3. The first kappa shape index (κ1) is 12.9. The fourth-order valence-electron chi connectivity index (χ4n) is 2.37. The number of rotatable bonds is 5. The number of hydrogen-bond acceptors (Lipinski definition) is 5. The van der Waals surface area contributed by atoms with Gasteiger partial charge in [0.2, 0.25) is 5.89 Å². The topological polar surface area (TPSA) is 51.0 Å². The molecular formula is C12H21N3OS. The SMILES string of the molecule is CCCNC1CCC(Sc2nnc(C)o2)C1C. The van der Waals surface area contributed by atoms with Crippen LogP contribution in [0.15, 0.2) is 9.64 Å². The first-order chi connectivity index (χ1) is 8.20. The molecule has 4 nitrogen and oxygen atoms in total. The molecule has 3 atom stereocenters. The van der Waals surface area contributed by atoms with E-state index in [4.69, 9.17) is 4.42 Å². The first-order valence-corrected chi connectivity index (χ1v) is 7.28. The molecule has 96 valence electrons. The van der Waals surface area contributed by atoms with Crippen LogP contribution in [0.4, 0.5) is 0 Å². The Hall–Kier alpha value is -0.550. The molecule has 1 aromatic heterocycles. The lowest BCUT2D eigenvalue weighted by Crippen LogP contribution is -2.33. The Morgan fingerprint density at radius 1 is 1.41 bits per heavy atom. The van der Waals surface area contributed by atoms with Gasteiger partial charge in [0.1, 0.15) is 0 Å². The van der Waals surface area contributed by atoms with E-state index < -0.39 is 0 Å². The minimum absolute atomic E-state index is 0.601. The summed E-state index contributed by atoms with van der Waals surface area (Å²) in [6, 6.07) is 0.650. The predicted molar refractivity (Wildman–Crippen MR) is 69.2 cm³/mol. The van der Waals surface area contributed by atoms with E-state index in [9.17, 15) is 0 Å². The molecule has 0 radical (unpaired) electrons. The molecule has 1 heterocycles. The van der Waals surface area contributed by atoms with Crippen molar-refractivity contribution in [1.82, 2.24) is 15.5 Å². The van der Waals surface area contributed by atoms with Gasteiger partial charge in [-0.1, -0.05) is 25.6 Å². The Morgan fingerprint density at radius 2 is 2.24 bits per heavy atom. The van der Waals surface area contributed by atoms with Crippen molar-refractivity contribution in [3.05, 3.63) is 5.89 Å². The molecule has 1 fully saturated rings. The number of hydrogen-bond donors (Lipinski definition) is 1. The Morgan fingerprint density at radius 3 is 2.88 bits per heavy atom. The molecule has 1 aliphatic carbocycles. The number of aryl methyl sites for hydroxylation is 1. The van der Waals surface area contributed by atoms with Gasteiger partial charge in [0.25, 0.3) is 5.22 Å².